The van der Waals surface area contributed by atoms with Crippen LogP contribution in [0.2, 0.25) is 0 Å². The number of carbonyl (C=O) groups excluding carboxylic acids is 2. The van der Waals surface area contributed by atoms with Gasteiger partial charge in [-0.05, 0) is 43.7 Å². The predicted molar refractivity (Wildman–Crippen MR) is 107 cm³/mol. The fourth-order valence-corrected chi connectivity index (χ4v) is 4.35. The molecule has 2 amide bonds. The minimum Gasteiger partial charge on any atom is -0.352 e. The van der Waals surface area contributed by atoms with Crippen molar-refractivity contribution < 1.29 is 9.59 Å². The van der Waals surface area contributed by atoms with Gasteiger partial charge in [-0.1, -0.05) is 30.8 Å². The lowest BCUT2D eigenvalue weighted by Gasteiger charge is -2.30. The molecule has 2 fully saturated rings. The quantitative estimate of drug-likeness (QED) is 0.775. The largest absolute Gasteiger partial charge is 0.352 e. The van der Waals surface area contributed by atoms with E-state index in [4.69, 9.17) is 0 Å². The number of thioether (sulfide) groups is 1. The van der Waals surface area contributed by atoms with Crippen LogP contribution >= 0.6 is 11.8 Å². The van der Waals surface area contributed by atoms with Gasteiger partial charge >= 0.3 is 0 Å². The zero-order chi connectivity index (χ0) is 18.8. The molecule has 2 heterocycles. The smallest absolute Gasteiger partial charge is 0.240 e. The molecule has 0 bridgehead atoms. The van der Waals surface area contributed by atoms with Crippen LogP contribution in [0.5, 0.6) is 0 Å². The van der Waals surface area contributed by atoms with E-state index in [1.165, 1.54) is 11.8 Å². The van der Waals surface area contributed by atoms with E-state index in [1.54, 1.807) is 0 Å². The monoisotopic (exact) mass is 386 g/mol. The normalized spacial score (nSPS) is 18.0. The van der Waals surface area contributed by atoms with E-state index in [9.17, 15) is 9.59 Å². The van der Waals surface area contributed by atoms with E-state index in [1.807, 2.05) is 33.7 Å². The lowest BCUT2D eigenvalue weighted by molar-refractivity contribution is -0.129. The highest BCUT2D eigenvalue weighted by molar-refractivity contribution is 7.99. The molecule has 2 aromatic rings. The fraction of sp³-hybridized carbons (Fsp3) is 0.550. The number of benzene rings is 1. The van der Waals surface area contributed by atoms with Crippen LogP contribution < -0.4 is 5.32 Å². The van der Waals surface area contributed by atoms with Crippen molar-refractivity contribution in [2.75, 3.05) is 18.8 Å². The van der Waals surface area contributed by atoms with Crippen molar-refractivity contribution in [3.63, 3.8) is 0 Å². The van der Waals surface area contributed by atoms with Crippen LogP contribution in [0.1, 0.15) is 32.6 Å². The number of likely N-dealkylation sites (tertiary alicyclic amines) is 1. The lowest BCUT2D eigenvalue weighted by Crippen LogP contribution is -2.39. The molecule has 1 N–H and O–H groups in total. The summed E-state index contributed by atoms with van der Waals surface area (Å²) in [5, 5.41) is 3.77. The Labute approximate surface area is 163 Å². The number of imidazole rings is 1. The molecule has 0 atom stereocenters. The second-order valence-corrected chi connectivity index (χ2v) is 8.61. The number of nitrogens with one attached hydrogen (secondary N) is 1. The van der Waals surface area contributed by atoms with Gasteiger partial charge in [-0.15, -0.1) is 0 Å². The van der Waals surface area contributed by atoms with Gasteiger partial charge in [-0.3, -0.25) is 9.59 Å². The van der Waals surface area contributed by atoms with Crippen molar-refractivity contribution >= 4 is 34.6 Å². The van der Waals surface area contributed by atoms with Crippen molar-refractivity contribution in [3.8, 4) is 0 Å². The van der Waals surface area contributed by atoms with Crippen molar-refractivity contribution in [1.29, 1.82) is 0 Å². The first kappa shape index (κ1) is 18.3. The number of aromatic nitrogens is 2. The third-order valence-electron chi connectivity index (χ3n) is 5.32. The molecule has 1 aromatic heterocycles. The Kier molecular flexibility index (Phi) is 5.38. The third-order valence-corrected chi connectivity index (χ3v) is 6.29. The number of piperidine rings is 1. The van der Waals surface area contributed by atoms with E-state index < -0.39 is 0 Å². The molecule has 1 saturated heterocycles. The average Bonchev–Trinajstić information content (AvgIpc) is 3.41. The maximum Gasteiger partial charge on any atom is 0.240 e. The molecule has 6 nitrogen and oxygen atoms in total. The van der Waals surface area contributed by atoms with Crippen LogP contribution in [0.3, 0.4) is 0 Å². The molecule has 1 aliphatic heterocycles. The van der Waals surface area contributed by atoms with Crippen LogP contribution in [0.15, 0.2) is 29.4 Å². The van der Waals surface area contributed by atoms with Gasteiger partial charge < -0.3 is 14.8 Å². The van der Waals surface area contributed by atoms with Gasteiger partial charge in [0.25, 0.3) is 0 Å². The first-order valence-corrected chi connectivity index (χ1v) is 10.7. The molecule has 144 valence electrons. The van der Waals surface area contributed by atoms with Gasteiger partial charge in [0.15, 0.2) is 5.16 Å². The fourth-order valence-electron chi connectivity index (χ4n) is 3.44. The second kappa shape index (κ2) is 7.92. The van der Waals surface area contributed by atoms with Gasteiger partial charge in [0.2, 0.25) is 11.8 Å². The predicted octanol–water partition coefficient (Wildman–Crippen LogP) is 2.67. The molecule has 0 spiro atoms. The summed E-state index contributed by atoms with van der Waals surface area (Å²) in [6, 6.07) is 8.16. The summed E-state index contributed by atoms with van der Waals surface area (Å²) in [4.78, 5) is 31.5. The van der Waals surface area contributed by atoms with E-state index >= 15 is 0 Å². The summed E-state index contributed by atoms with van der Waals surface area (Å²) < 4.78 is 1.93. The zero-order valence-corrected chi connectivity index (χ0v) is 16.5. The highest BCUT2D eigenvalue weighted by Gasteiger charge is 2.25. The third kappa shape index (κ3) is 4.46. The van der Waals surface area contributed by atoms with Crippen LogP contribution in [0.25, 0.3) is 11.0 Å². The summed E-state index contributed by atoms with van der Waals surface area (Å²) in [6.07, 6.45) is 4.30. The number of nitrogens with zero attached hydrogens (tertiary/aromatic N) is 3. The van der Waals surface area contributed by atoms with Crippen molar-refractivity contribution in [1.82, 2.24) is 19.8 Å². The van der Waals surface area contributed by atoms with Gasteiger partial charge in [0.1, 0.15) is 6.54 Å². The van der Waals surface area contributed by atoms with Gasteiger partial charge in [-0.25, -0.2) is 4.98 Å². The molecule has 1 aliphatic carbocycles. The minimum atomic E-state index is 0.0128. The molecule has 7 heteroatoms. The van der Waals surface area contributed by atoms with Crippen LogP contribution in [-0.4, -0.2) is 51.1 Å². The summed E-state index contributed by atoms with van der Waals surface area (Å²) in [5.74, 6) is 1.24. The van der Waals surface area contributed by atoms with Gasteiger partial charge in [-0.2, -0.15) is 0 Å². The standard InChI is InChI=1S/C20H26N4O2S/c1-14-8-10-23(11-9-14)19(26)13-27-20-22-16-4-2-3-5-17(16)24(20)12-18(25)21-15-6-7-15/h2-5,14-15H,6-13H2,1H3,(H,21,25). The number of fused-ring (bicyclic) bond motifs is 1. The molecule has 4 rings (SSSR count). The van der Waals surface area contributed by atoms with Gasteiger partial charge in [0, 0.05) is 19.1 Å². The molecular formula is C20H26N4O2S. The SMILES string of the molecule is CC1CCN(C(=O)CSc2nc3ccccc3n2CC(=O)NC2CC2)CC1. The Morgan fingerprint density at radius 2 is 1.93 bits per heavy atom. The second-order valence-electron chi connectivity index (χ2n) is 7.66. The summed E-state index contributed by atoms with van der Waals surface area (Å²) in [6.45, 7) is 4.18. The molecule has 0 radical (unpaired) electrons. The van der Waals surface area contributed by atoms with Crippen LogP contribution in [-0.2, 0) is 16.1 Å². The van der Waals surface area contributed by atoms with Crippen molar-refractivity contribution in [2.45, 2.75) is 50.4 Å². The van der Waals surface area contributed by atoms with E-state index in [2.05, 4.69) is 17.2 Å². The Morgan fingerprint density at radius 1 is 1.19 bits per heavy atom. The minimum absolute atomic E-state index is 0.0128. The van der Waals surface area contributed by atoms with E-state index in [0.717, 1.165) is 55.0 Å². The topological polar surface area (TPSA) is 67.2 Å². The Hall–Kier alpha value is -2.02. The van der Waals surface area contributed by atoms with E-state index in [-0.39, 0.29) is 18.4 Å². The highest BCUT2D eigenvalue weighted by atomic mass is 32.2. The average molecular weight is 387 g/mol. The van der Waals surface area contributed by atoms with Gasteiger partial charge in [0.05, 0.1) is 16.8 Å². The van der Waals surface area contributed by atoms with Crippen molar-refractivity contribution in [2.24, 2.45) is 5.92 Å². The molecule has 27 heavy (non-hydrogen) atoms. The Bertz CT molecular complexity index is 838. The molecular weight excluding hydrogens is 360 g/mol. The number of hydrogen-bond donors (Lipinski definition) is 1. The summed E-state index contributed by atoms with van der Waals surface area (Å²) in [7, 11) is 0. The first-order chi connectivity index (χ1) is 13.1. The molecule has 1 aromatic carbocycles. The number of amides is 2. The highest BCUT2D eigenvalue weighted by Crippen LogP contribution is 2.26. The Morgan fingerprint density at radius 3 is 2.67 bits per heavy atom. The number of hydrogen-bond acceptors (Lipinski definition) is 4. The zero-order valence-electron chi connectivity index (χ0n) is 15.7. The molecule has 1 saturated carbocycles. The van der Waals surface area contributed by atoms with Crippen LogP contribution in [0.4, 0.5) is 0 Å². The first-order valence-electron chi connectivity index (χ1n) is 9.75. The lowest BCUT2D eigenvalue weighted by atomic mass is 9.99. The number of para-hydroxylation sites is 2. The Balaban J connectivity index is 1.46. The maximum atomic E-state index is 12.6. The number of carbonyl (C=O) groups is 2. The van der Waals surface area contributed by atoms with E-state index in [0.29, 0.717) is 17.7 Å². The summed E-state index contributed by atoms with van der Waals surface area (Å²) >= 11 is 1.43. The van der Waals surface area contributed by atoms with Crippen molar-refractivity contribution in [3.05, 3.63) is 24.3 Å². The molecule has 0 unspecified atom stereocenters. The number of rotatable bonds is 6. The van der Waals surface area contributed by atoms with Crippen LogP contribution in [0, 0.1) is 5.92 Å². The maximum absolute atomic E-state index is 12.6. The molecule has 2 aliphatic rings. The summed E-state index contributed by atoms with van der Waals surface area (Å²) in [5.41, 5.74) is 1.80.